The topological polar surface area (TPSA) is 39.4 Å². The summed E-state index contributed by atoms with van der Waals surface area (Å²) >= 11 is 0. The van der Waals surface area contributed by atoms with Crippen molar-refractivity contribution in [2.24, 2.45) is 0 Å². The van der Waals surface area contributed by atoms with E-state index in [-0.39, 0.29) is 5.82 Å². The Kier molecular flexibility index (Phi) is 4.95. The fourth-order valence-corrected chi connectivity index (χ4v) is 2.06. The van der Waals surface area contributed by atoms with Crippen LogP contribution in [0, 0.1) is 5.82 Å². The summed E-state index contributed by atoms with van der Waals surface area (Å²) in [5.41, 5.74) is 0.728. The monoisotopic (exact) mass is 263 g/mol. The first-order valence-electron chi connectivity index (χ1n) is 6.46. The minimum atomic E-state index is -0.244. The Morgan fingerprint density at radius 2 is 2.00 bits per heavy atom. The van der Waals surface area contributed by atoms with Crippen LogP contribution in [0.2, 0.25) is 0 Å². The zero-order chi connectivity index (χ0) is 13.5. The van der Waals surface area contributed by atoms with Crippen LogP contribution in [-0.4, -0.2) is 13.1 Å². The minimum Gasteiger partial charge on any atom is -0.461 e. The number of rotatable bonds is 8. The van der Waals surface area contributed by atoms with Crippen molar-refractivity contribution in [3.63, 3.8) is 0 Å². The van der Waals surface area contributed by atoms with E-state index in [1.54, 1.807) is 6.07 Å². The lowest BCUT2D eigenvalue weighted by Crippen LogP contribution is -1.91. The van der Waals surface area contributed by atoms with Crippen molar-refractivity contribution in [2.45, 2.75) is 32.1 Å². The van der Waals surface area contributed by atoms with E-state index in [2.05, 4.69) is 4.74 Å². The number of carbonyl (C=O) groups excluding carboxylic acids is 1. The van der Waals surface area contributed by atoms with Gasteiger partial charge in [-0.3, -0.25) is 0 Å². The number of fused-ring (bicyclic) bond motifs is 1. The Morgan fingerprint density at radius 1 is 1.16 bits per heavy atom. The molecule has 1 radical (unpaired) electrons. The van der Waals surface area contributed by atoms with E-state index in [9.17, 15) is 9.18 Å². The molecule has 2 rings (SSSR count). The van der Waals surface area contributed by atoms with E-state index in [1.165, 1.54) is 18.6 Å². The maximum absolute atomic E-state index is 13.0. The first-order chi connectivity index (χ1) is 9.29. The SMILES string of the molecule is O=[C]OCCCCCCc1cc2cc(F)ccc2o1. The van der Waals surface area contributed by atoms with Gasteiger partial charge in [0.25, 0.3) is 0 Å². The van der Waals surface area contributed by atoms with Crippen LogP contribution < -0.4 is 0 Å². The minimum absolute atomic E-state index is 0.244. The van der Waals surface area contributed by atoms with Gasteiger partial charge in [-0.15, -0.1) is 0 Å². The molecule has 4 heteroatoms. The highest BCUT2D eigenvalue weighted by Crippen LogP contribution is 2.21. The second-order valence-electron chi connectivity index (χ2n) is 4.49. The van der Waals surface area contributed by atoms with Gasteiger partial charge in [0.15, 0.2) is 0 Å². The molecule has 0 saturated heterocycles. The molecule has 1 aromatic heterocycles. The van der Waals surface area contributed by atoms with Crippen molar-refractivity contribution < 1.29 is 18.3 Å². The molecule has 1 aromatic carbocycles. The molecule has 0 N–H and O–H groups in total. The molecule has 2 aromatic rings. The Morgan fingerprint density at radius 3 is 2.84 bits per heavy atom. The number of benzene rings is 1. The molecule has 3 nitrogen and oxygen atoms in total. The lowest BCUT2D eigenvalue weighted by molar-refractivity contribution is 0.268. The smallest absolute Gasteiger partial charge is 0.417 e. The largest absolute Gasteiger partial charge is 0.461 e. The molecule has 0 bridgehead atoms. The second kappa shape index (κ2) is 6.92. The number of unbranched alkanes of at least 4 members (excludes halogenated alkanes) is 3. The molecule has 0 fully saturated rings. The van der Waals surface area contributed by atoms with Crippen LogP contribution in [0.4, 0.5) is 4.39 Å². The van der Waals surface area contributed by atoms with Crippen LogP contribution in [0.15, 0.2) is 28.7 Å². The highest BCUT2D eigenvalue weighted by molar-refractivity contribution is 5.77. The molecule has 0 spiro atoms. The van der Waals surface area contributed by atoms with E-state index in [4.69, 9.17) is 4.42 Å². The summed E-state index contributed by atoms with van der Waals surface area (Å²) < 4.78 is 23.1. The third-order valence-electron chi connectivity index (χ3n) is 3.01. The van der Waals surface area contributed by atoms with Crippen LogP contribution in [0.5, 0.6) is 0 Å². The predicted octanol–water partition coefficient (Wildman–Crippen LogP) is 3.76. The number of ether oxygens (including phenoxy) is 1. The Bertz CT molecular complexity index is 533. The Hall–Kier alpha value is -1.84. The Labute approximate surface area is 111 Å². The molecule has 1 heterocycles. The fourth-order valence-electron chi connectivity index (χ4n) is 2.06. The summed E-state index contributed by atoms with van der Waals surface area (Å²) in [7, 11) is 0. The second-order valence-corrected chi connectivity index (χ2v) is 4.49. The molecule has 0 aliphatic carbocycles. The summed E-state index contributed by atoms with van der Waals surface area (Å²) in [6.07, 6.45) is 4.77. The molecule has 0 amide bonds. The molecule has 0 aliphatic rings. The van der Waals surface area contributed by atoms with Crippen molar-refractivity contribution in [3.8, 4) is 0 Å². The summed E-state index contributed by atoms with van der Waals surface area (Å²) in [5.74, 6) is 0.643. The molecule has 101 valence electrons. The van der Waals surface area contributed by atoms with Crippen LogP contribution in [0.25, 0.3) is 11.0 Å². The molecule has 19 heavy (non-hydrogen) atoms. The summed E-state index contributed by atoms with van der Waals surface area (Å²) in [5, 5.41) is 0.810. The first-order valence-corrected chi connectivity index (χ1v) is 6.46. The van der Waals surface area contributed by atoms with E-state index in [0.29, 0.717) is 6.61 Å². The van der Waals surface area contributed by atoms with Gasteiger partial charge < -0.3 is 9.15 Å². The lowest BCUT2D eigenvalue weighted by atomic mass is 10.1. The van der Waals surface area contributed by atoms with Gasteiger partial charge in [-0.05, 0) is 37.1 Å². The van der Waals surface area contributed by atoms with Gasteiger partial charge in [-0.25, -0.2) is 9.18 Å². The average Bonchev–Trinajstić information content (AvgIpc) is 2.79. The number of hydrogen-bond acceptors (Lipinski definition) is 3. The van der Waals surface area contributed by atoms with Crippen molar-refractivity contribution in [1.29, 1.82) is 0 Å². The van der Waals surface area contributed by atoms with Crippen molar-refractivity contribution in [1.82, 2.24) is 0 Å². The predicted molar refractivity (Wildman–Crippen MR) is 70.0 cm³/mol. The van der Waals surface area contributed by atoms with Gasteiger partial charge in [0.2, 0.25) is 0 Å². The van der Waals surface area contributed by atoms with Crippen molar-refractivity contribution >= 4 is 17.4 Å². The first kappa shape index (κ1) is 13.6. The fraction of sp³-hybridized carbons (Fsp3) is 0.400. The molecule has 0 atom stereocenters. The number of aryl methyl sites for hydroxylation is 1. The van der Waals surface area contributed by atoms with Gasteiger partial charge in [-0.1, -0.05) is 12.8 Å². The number of halogens is 1. The molecule has 0 saturated carbocycles. The average molecular weight is 263 g/mol. The third kappa shape index (κ3) is 4.09. The van der Waals surface area contributed by atoms with Gasteiger partial charge in [0, 0.05) is 11.8 Å². The van der Waals surface area contributed by atoms with Gasteiger partial charge in [-0.2, -0.15) is 0 Å². The zero-order valence-electron chi connectivity index (χ0n) is 10.7. The normalized spacial score (nSPS) is 10.8. The van der Waals surface area contributed by atoms with E-state index < -0.39 is 0 Å². The van der Waals surface area contributed by atoms with Crippen LogP contribution in [0.3, 0.4) is 0 Å². The third-order valence-corrected chi connectivity index (χ3v) is 3.01. The van der Waals surface area contributed by atoms with Crippen LogP contribution in [0.1, 0.15) is 31.4 Å². The highest BCUT2D eigenvalue weighted by Gasteiger charge is 2.04. The van der Waals surface area contributed by atoms with Crippen LogP contribution in [-0.2, 0) is 16.0 Å². The summed E-state index contributed by atoms with van der Waals surface area (Å²) in [6.45, 7) is 1.85. The quantitative estimate of drug-likeness (QED) is 0.681. The van der Waals surface area contributed by atoms with Crippen molar-refractivity contribution in [2.75, 3.05) is 6.61 Å². The van der Waals surface area contributed by atoms with E-state index >= 15 is 0 Å². The van der Waals surface area contributed by atoms with E-state index in [0.717, 1.165) is 48.8 Å². The number of furan rings is 1. The molecular weight excluding hydrogens is 247 g/mol. The van der Waals surface area contributed by atoms with Crippen molar-refractivity contribution in [3.05, 3.63) is 35.8 Å². The van der Waals surface area contributed by atoms with Gasteiger partial charge in [0.1, 0.15) is 17.2 Å². The summed E-state index contributed by atoms with van der Waals surface area (Å²) in [4.78, 5) is 9.80. The summed E-state index contributed by atoms with van der Waals surface area (Å²) in [6, 6.07) is 6.43. The molecular formula is C15H16FO3. The van der Waals surface area contributed by atoms with E-state index in [1.807, 2.05) is 6.07 Å². The number of hydrogen-bond donors (Lipinski definition) is 0. The molecule has 0 aliphatic heterocycles. The zero-order valence-corrected chi connectivity index (χ0v) is 10.7. The lowest BCUT2D eigenvalue weighted by Gasteiger charge is -1.99. The van der Waals surface area contributed by atoms with Gasteiger partial charge >= 0.3 is 6.47 Å². The highest BCUT2D eigenvalue weighted by atomic mass is 19.1. The van der Waals surface area contributed by atoms with Crippen LogP contribution >= 0.6 is 0 Å². The Balaban J connectivity index is 1.74. The maximum atomic E-state index is 13.0. The standard InChI is InChI=1S/C15H16FO3/c16-13-6-7-15-12(9-13)10-14(19-15)5-3-1-2-4-8-18-11-17/h6-7,9-10H,1-5,8H2. The maximum Gasteiger partial charge on any atom is 0.417 e. The molecule has 0 unspecified atom stereocenters. The van der Waals surface area contributed by atoms with Gasteiger partial charge in [0.05, 0.1) is 6.61 Å².